The molecule has 0 saturated heterocycles. The van der Waals surface area contributed by atoms with Crippen LogP contribution < -0.4 is 11.5 Å². The van der Waals surface area contributed by atoms with Crippen molar-refractivity contribution >= 4 is 35.3 Å². The van der Waals surface area contributed by atoms with E-state index in [1.807, 2.05) is 0 Å². The van der Waals surface area contributed by atoms with Crippen molar-refractivity contribution in [1.82, 2.24) is 4.57 Å². The van der Waals surface area contributed by atoms with Crippen LogP contribution in [-0.4, -0.2) is 10.5 Å². The standard InChI is InChI=1S/C11H8F3N3OS2/c12-11(13,14)5-2-1-3-6(4-5)17-8(15)7(9(16)18)20-10(17)19/h1-4H,15H2,(H2,16,18). The first kappa shape index (κ1) is 14.5. The molecule has 0 spiro atoms. The molecule has 0 saturated carbocycles. The Morgan fingerprint density at radius 2 is 2.00 bits per heavy atom. The van der Waals surface area contributed by atoms with E-state index in [-0.39, 0.29) is 20.3 Å². The second-order valence-corrected chi connectivity index (χ2v) is 5.47. The van der Waals surface area contributed by atoms with Crippen molar-refractivity contribution in [3.63, 3.8) is 0 Å². The quantitative estimate of drug-likeness (QED) is 0.836. The third-order valence-corrected chi connectivity index (χ3v) is 3.91. The fraction of sp³-hybridized carbons (Fsp3) is 0.0909. The molecule has 20 heavy (non-hydrogen) atoms. The van der Waals surface area contributed by atoms with E-state index in [1.54, 1.807) is 0 Å². The molecule has 9 heteroatoms. The van der Waals surface area contributed by atoms with Crippen LogP contribution >= 0.6 is 23.6 Å². The molecule has 0 aliphatic heterocycles. The molecule has 0 atom stereocenters. The summed E-state index contributed by atoms with van der Waals surface area (Å²) in [5, 5.41) is 0. The zero-order valence-corrected chi connectivity index (χ0v) is 11.4. The van der Waals surface area contributed by atoms with E-state index in [2.05, 4.69) is 0 Å². The number of thiazole rings is 1. The zero-order valence-electron chi connectivity index (χ0n) is 9.77. The first-order valence-corrected chi connectivity index (χ1v) is 6.43. The number of aromatic nitrogens is 1. The van der Waals surface area contributed by atoms with Crippen LogP contribution in [0.25, 0.3) is 5.69 Å². The normalized spacial score (nSPS) is 11.6. The molecule has 0 bridgehead atoms. The lowest BCUT2D eigenvalue weighted by atomic mass is 10.2. The lowest BCUT2D eigenvalue weighted by molar-refractivity contribution is -0.137. The minimum Gasteiger partial charge on any atom is -0.383 e. The zero-order chi connectivity index (χ0) is 15.1. The molecule has 0 aliphatic carbocycles. The van der Waals surface area contributed by atoms with Gasteiger partial charge in [0.1, 0.15) is 10.7 Å². The van der Waals surface area contributed by atoms with Gasteiger partial charge in [-0.05, 0) is 30.4 Å². The highest BCUT2D eigenvalue weighted by Gasteiger charge is 2.30. The van der Waals surface area contributed by atoms with Crippen LogP contribution in [0.15, 0.2) is 24.3 Å². The molecular formula is C11H8F3N3OS2. The first-order valence-electron chi connectivity index (χ1n) is 5.20. The van der Waals surface area contributed by atoms with E-state index >= 15 is 0 Å². The maximum atomic E-state index is 12.7. The Morgan fingerprint density at radius 3 is 2.50 bits per heavy atom. The minimum atomic E-state index is -4.48. The van der Waals surface area contributed by atoms with E-state index in [9.17, 15) is 18.0 Å². The third kappa shape index (κ3) is 2.54. The average Bonchev–Trinajstić information content (AvgIpc) is 2.64. The molecule has 1 aromatic carbocycles. The SMILES string of the molecule is NC(=O)c1sc(=S)n(-c2cccc(C(F)(F)F)c2)c1N. The van der Waals surface area contributed by atoms with Crippen molar-refractivity contribution in [1.29, 1.82) is 0 Å². The van der Waals surface area contributed by atoms with Gasteiger partial charge in [-0.3, -0.25) is 9.36 Å². The van der Waals surface area contributed by atoms with Crippen LogP contribution in [0.1, 0.15) is 15.2 Å². The molecule has 1 amide bonds. The number of nitrogens with zero attached hydrogens (tertiary/aromatic N) is 1. The van der Waals surface area contributed by atoms with Crippen molar-refractivity contribution in [2.24, 2.45) is 5.73 Å². The largest absolute Gasteiger partial charge is 0.416 e. The van der Waals surface area contributed by atoms with Crippen LogP contribution in [0.2, 0.25) is 0 Å². The van der Waals surface area contributed by atoms with Crippen molar-refractivity contribution in [3.8, 4) is 5.69 Å². The maximum Gasteiger partial charge on any atom is 0.416 e. The predicted octanol–water partition coefficient (Wildman–Crippen LogP) is 2.97. The van der Waals surface area contributed by atoms with E-state index in [4.69, 9.17) is 23.7 Å². The van der Waals surface area contributed by atoms with Gasteiger partial charge in [0.25, 0.3) is 5.91 Å². The number of anilines is 1. The van der Waals surface area contributed by atoms with Crippen LogP contribution in [0.5, 0.6) is 0 Å². The van der Waals surface area contributed by atoms with E-state index in [0.717, 1.165) is 23.5 Å². The third-order valence-electron chi connectivity index (χ3n) is 2.50. The van der Waals surface area contributed by atoms with Gasteiger partial charge in [0.15, 0.2) is 3.95 Å². The van der Waals surface area contributed by atoms with Gasteiger partial charge >= 0.3 is 6.18 Å². The molecule has 4 nitrogen and oxygen atoms in total. The second-order valence-electron chi connectivity index (χ2n) is 3.83. The lowest BCUT2D eigenvalue weighted by Gasteiger charge is -2.10. The molecule has 0 aliphatic rings. The maximum absolute atomic E-state index is 12.7. The van der Waals surface area contributed by atoms with Crippen molar-refractivity contribution in [2.45, 2.75) is 6.18 Å². The summed E-state index contributed by atoms with van der Waals surface area (Å²) in [6.07, 6.45) is -4.48. The number of carbonyl (C=O) groups is 1. The summed E-state index contributed by atoms with van der Waals surface area (Å²) in [6.45, 7) is 0. The summed E-state index contributed by atoms with van der Waals surface area (Å²) < 4.78 is 39.4. The number of hydrogen-bond donors (Lipinski definition) is 2. The number of rotatable bonds is 2. The van der Waals surface area contributed by atoms with Gasteiger partial charge in [0, 0.05) is 5.69 Å². The molecule has 2 aromatic rings. The molecule has 106 valence electrons. The number of benzene rings is 1. The Balaban J connectivity index is 2.64. The Hall–Kier alpha value is -1.87. The molecule has 0 fully saturated rings. The fourth-order valence-corrected chi connectivity index (χ4v) is 2.85. The number of amides is 1. The van der Waals surface area contributed by atoms with Crippen molar-refractivity contribution in [2.75, 3.05) is 5.73 Å². The Labute approximate surface area is 120 Å². The smallest absolute Gasteiger partial charge is 0.383 e. The first-order chi connectivity index (χ1) is 9.21. The highest BCUT2D eigenvalue weighted by molar-refractivity contribution is 7.73. The summed E-state index contributed by atoms with van der Waals surface area (Å²) in [5.74, 6) is -0.837. The Bertz CT molecular complexity index is 733. The summed E-state index contributed by atoms with van der Waals surface area (Å²) in [6, 6.07) is 4.49. The summed E-state index contributed by atoms with van der Waals surface area (Å²) in [4.78, 5) is 11.2. The van der Waals surface area contributed by atoms with Crippen molar-refractivity contribution in [3.05, 3.63) is 38.7 Å². The topological polar surface area (TPSA) is 74.0 Å². The number of nitrogen functional groups attached to an aromatic ring is 1. The molecule has 2 rings (SSSR count). The number of nitrogens with two attached hydrogens (primary N) is 2. The van der Waals surface area contributed by atoms with Crippen molar-refractivity contribution < 1.29 is 18.0 Å². The molecule has 0 unspecified atom stereocenters. The van der Waals surface area contributed by atoms with Gasteiger partial charge in [-0.15, -0.1) is 0 Å². The lowest BCUT2D eigenvalue weighted by Crippen LogP contribution is -2.13. The Morgan fingerprint density at radius 1 is 1.35 bits per heavy atom. The van der Waals surface area contributed by atoms with Gasteiger partial charge in [-0.1, -0.05) is 17.4 Å². The molecule has 0 radical (unpaired) electrons. The highest BCUT2D eigenvalue weighted by Crippen LogP contribution is 2.32. The van der Waals surface area contributed by atoms with E-state index < -0.39 is 17.6 Å². The monoisotopic (exact) mass is 319 g/mol. The number of halogens is 3. The molecule has 1 aromatic heterocycles. The summed E-state index contributed by atoms with van der Waals surface area (Å²) >= 11 is 5.87. The van der Waals surface area contributed by atoms with Gasteiger partial charge in [-0.25, -0.2) is 0 Å². The van der Waals surface area contributed by atoms with Gasteiger partial charge < -0.3 is 11.5 Å². The number of alkyl halides is 3. The minimum absolute atomic E-state index is 0.0208. The van der Waals surface area contributed by atoms with Gasteiger partial charge in [0.2, 0.25) is 0 Å². The van der Waals surface area contributed by atoms with E-state index in [0.29, 0.717) is 0 Å². The van der Waals surface area contributed by atoms with Crippen LogP contribution in [0.4, 0.5) is 19.0 Å². The highest BCUT2D eigenvalue weighted by atomic mass is 32.1. The Kier molecular flexibility index (Phi) is 3.57. The molecule has 1 heterocycles. The van der Waals surface area contributed by atoms with Gasteiger partial charge in [0.05, 0.1) is 5.56 Å². The van der Waals surface area contributed by atoms with E-state index in [1.165, 1.54) is 16.7 Å². The molecular weight excluding hydrogens is 311 g/mol. The van der Waals surface area contributed by atoms with Crippen LogP contribution in [-0.2, 0) is 6.18 Å². The molecule has 4 N–H and O–H groups in total. The fourth-order valence-electron chi connectivity index (χ4n) is 1.63. The van der Waals surface area contributed by atoms with Crippen LogP contribution in [0.3, 0.4) is 0 Å². The number of primary amides is 1. The predicted molar refractivity (Wildman–Crippen MR) is 72.4 cm³/mol. The second kappa shape index (κ2) is 4.91. The van der Waals surface area contributed by atoms with Gasteiger partial charge in [-0.2, -0.15) is 13.2 Å². The summed E-state index contributed by atoms with van der Waals surface area (Å²) in [5.41, 5.74) is 10.1. The number of carbonyl (C=O) groups excluding carboxylic acids is 1. The number of hydrogen-bond acceptors (Lipinski definition) is 4. The van der Waals surface area contributed by atoms with Crippen LogP contribution in [0, 0.1) is 3.95 Å². The average molecular weight is 319 g/mol. The summed E-state index contributed by atoms with van der Waals surface area (Å²) in [7, 11) is 0.